The highest BCUT2D eigenvalue weighted by Gasteiger charge is 2.67. The number of hydrogen-bond acceptors (Lipinski definition) is 2. The summed E-state index contributed by atoms with van der Waals surface area (Å²) >= 11 is 18.1. The molecule has 1 saturated carbocycles. The second-order valence-corrected chi connectivity index (χ2v) is 9.66. The van der Waals surface area contributed by atoms with Gasteiger partial charge in [0.15, 0.2) is 0 Å². The first-order valence-electron chi connectivity index (χ1n) is 9.64. The predicted molar refractivity (Wildman–Crippen MR) is 115 cm³/mol. The van der Waals surface area contributed by atoms with Crippen LogP contribution in [0.15, 0.2) is 30.3 Å². The van der Waals surface area contributed by atoms with Gasteiger partial charge >= 0.3 is 12.1 Å². The van der Waals surface area contributed by atoms with E-state index in [4.69, 9.17) is 34.8 Å². The first-order chi connectivity index (χ1) is 16.0. The molecule has 190 valence electrons. The highest BCUT2D eigenvalue weighted by Crippen LogP contribution is 2.65. The molecule has 2 N–H and O–H groups in total. The third kappa shape index (κ3) is 5.46. The van der Waals surface area contributed by atoms with Crippen LogP contribution in [-0.4, -0.2) is 34.8 Å². The minimum atomic E-state index is -5.90. The third-order valence-corrected chi connectivity index (χ3v) is 6.61. The van der Waals surface area contributed by atoms with E-state index >= 15 is 0 Å². The Balaban J connectivity index is 1.78. The Morgan fingerprint density at radius 2 is 1.66 bits per heavy atom. The minimum Gasteiger partial charge on any atom is -0.346 e. The maximum Gasteiger partial charge on any atom is 0.455 e. The smallest absolute Gasteiger partial charge is 0.346 e. The zero-order valence-electron chi connectivity index (χ0n) is 17.3. The van der Waals surface area contributed by atoms with E-state index in [2.05, 4.69) is 5.32 Å². The summed E-state index contributed by atoms with van der Waals surface area (Å²) in [6, 6.07) is 5.32. The summed E-state index contributed by atoms with van der Waals surface area (Å²) in [5.74, 6) is -11.1. The highest BCUT2D eigenvalue weighted by atomic mass is 35.5. The van der Waals surface area contributed by atoms with Gasteiger partial charge in [0.2, 0.25) is 5.91 Å². The van der Waals surface area contributed by atoms with Gasteiger partial charge < -0.3 is 10.6 Å². The molecular weight excluding hydrogens is 552 g/mol. The van der Waals surface area contributed by atoms with Crippen LogP contribution < -0.4 is 10.6 Å². The standard InChI is InChI=1S/C21H14Cl3F7N2O2/c1-8-11(17(34)32-7-19(27,28)21(29,30)31)5-10(6-14(8)26)33-18(35)16-15(20(16,23)24)9-2-3-13(25)12(22)4-9/h2-6,15-16H,7H2,1H3,(H,32,34)(H,33,35). The van der Waals surface area contributed by atoms with E-state index < -0.39 is 63.8 Å². The van der Waals surface area contributed by atoms with Gasteiger partial charge in [-0.15, -0.1) is 23.2 Å². The van der Waals surface area contributed by atoms with Crippen molar-refractivity contribution in [2.45, 2.75) is 29.3 Å². The molecule has 1 aliphatic rings. The van der Waals surface area contributed by atoms with Crippen molar-refractivity contribution < 1.29 is 40.3 Å². The molecule has 0 spiro atoms. The number of benzene rings is 2. The van der Waals surface area contributed by atoms with Crippen molar-refractivity contribution in [1.82, 2.24) is 5.32 Å². The largest absolute Gasteiger partial charge is 0.455 e. The van der Waals surface area contributed by atoms with Crippen LogP contribution in [0.2, 0.25) is 5.02 Å². The van der Waals surface area contributed by atoms with Crippen molar-refractivity contribution in [3.63, 3.8) is 0 Å². The zero-order valence-corrected chi connectivity index (χ0v) is 19.6. The second-order valence-electron chi connectivity index (χ2n) is 7.81. The maximum absolute atomic E-state index is 14.3. The monoisotopic (exact) mass is 564 g/mol. The van der Waals surface area contributed by atoms with Crippen molar-refractivity contribution in [3.8, 4) is 0 Å². The molecule has 14 heteroatoms. The van der Waals surface area contributed by atoms with E-state index in [-0.39, 0.29) is 16.3 Å². The lowest BCUT2D eigenvalue weighted by Gasteiger charge is -2.20. The lowest BCUT2D eigenvalue weighted by atomic mass is 10.1. The van der Waals surface area contributed by atoms with Crippen LogP contribution >= 0.6 is 34.8 Å². The molecule has 2 aromatic carbocycles. The van der Waals surface area contributed by atoms with E-state index in [1.54, 1.807) is 0 Å². The number of alkyl halides is 7. The molecule has 1 fully saturated rings. The van der Waals surface area contributed by atoms with Crippen molar-refractivity contribution in [1.29, 1.82) is 0 Å². The summed E-state index contributed by atoms with van der Waals surface area (Å²) in [6.45, 7) is -0.979. The summed E-state index contributed by atoms with van der Waals surface area (Å²) in [4.78, 5) is 24.9. The zero-order chi connectivity index (χ0) is 26.5. The first kappa shape index (κ1) is 27.3. The van der Waals surface area contributed by atoms with Gasteiger partial charge in [0.1, 0.15) is 16.0 Å². The van der Waals surface area contributed by atoms with Crippen LogP contribution in [0.5, 0.6) is 0 Å². The molecule has 2 amide bonds. The predicted octanol–water partition coefficient (Wildman–Crippen LogP) is 6.38. The number of carbonyl (C=O) groups excluding carboxylic acids is 2. The van der Waals surface area contributed by atoms with Crippen LogP contribution in [0.4, 0.5) is 36.4 Å². The summed E-state index contributed by atoms with van der Waals surface area (Å²) < 4.78 is 89.3. The molecule has 0 saturated heterocycles. The van der Waals surface area contributed by atoms with Crippen molar-refractivity contribution >= 4 is 52.3 Å². The Kier molecular flexibility index (Phi) is 7.29. The molecule has 0 radical (unpaired) electrons. The highest BCUT2D eigenvalue weighted by molar-refractivity contribution is 6.53. The number of nitrogens with one attached hydrogen (secondary N) is 2. The Hall–Kier alpha value is -2.24. The molecular formula is C21H14Cl3F7N2O2. The number of carbonyl (C=O) groups is 2. The molecule has 2 aromatic rings. The average Bonchev–Trinajstić information content (AvgIpc) is 3.32. The fraction of sp³-hybridized carbons (Fsp3) is 0.333. The third-order valence-electron chi connectivity index (χ3n) is 5.38. The SMILES string of the molecule is Cc1c(F)cc(NC(=O)C2C(c3ccc(F)c(Cl)c3)C2(Cl)Cl)cc1C(=O)NCC(F)(F)C(F)(F)F. The summed E-state index contributed by atoms with van der Waals surface area (Å²) in [6.07, 6.45) is -5.90. The van der Waals surface area contributed by atoms with Crippen LogP contribution in [0.1, 0.15) is 27.4 Å². The van der Waals surface area contributed by atoms with Crippen LogP contribution in [0.3, 0.4) is 0 Å². The van der Waals surface area contributed by atoms with Crippen LogP contribution in [0, 0.1) is 24.5 Å². The average molecular weight is 566 g/mol. The Morgan fingerprint density at radius 1 is 1.03 bits per heavy atom. The molecule has 3 rings (SSSR count). The molecule has 0 heterocycles. The molecule has 35 heavy (non-hydrogen) atoms. The molecule has 2 unspecified atom stereocenters. The van der Waals surface area contributed by atoms with E-state index in [0.717, 1.165) is 25.1 Å². The summed E-state index contributed by atoms with van der Waals surface area (Å²) in [5.41, 5.74) is -0.899. The molecule has 0 aliphatic heterocycles. The van der Waals surface area contributed by atoms with Gasteiger partial charge in [-0.25, -0.2) is 8.78 Å². The minimum absolute atomic E-state index is 0.231. The Morgan fingerprint density at radius 3 is 2.23 bits per heavy atom. The van der Waals surface area contributed by atoms with Gasteiger partial charge in [0.25, 0.3) is 5.91 Å². The summed E-state index contributed by atoms with van der Waals surface area (Å²) in [7, 11) is 0. The lowest BCUT2D eigenvalue weighted by Crippen LogP contribution is -2.46. The Bertz CT molecular complexity index is 1190. The topological polar surface area (TPSA) is 58.2 Å². The summed E-state index contributed by atoms with van der Waals surface area (Å²) in [5, 5.41) is 3.46. The lowest BCUT2D eigenvalue weighted by molar-refractivity contribution is -0.278. The molecule has 0 aromatic heterocycles. The molecule has 2 atom stereocenters. The number of amides is 2. The fourth-order valence-corrected chi connectivity index (χ4v) is 4.38. The molecule has 4 nitrogen and oxygen atoms in total. The number of rotatable bonds is 6. The molecule has 0 bridgehead atoms. The normalized spacial score (nSPS) is 19.3. The van der Waals surface area contributed by atoms with Crippen molar-refractivity contribution in [2.24, 2.45) is 5.92 Å². The van der Waals surface area contributed by atoms with Gasteiger partial charge in [-0.05, 0) is 42.3 Å². The van der Waals surface area contributed by atoms with E-state index in [9.17, 15) is 40.3 Å². The fourth-order valence-electron chi connectivity index (χ4n) is 3.37. The van der Waals surface area contributed by atoms with E-state index in [0.29, 0.717) is 5.56 Å². The van der Waals surface area contributed by atoms with Gasteiger partial charge in [0.05, 0.1) is 17.5 Å². The van der Waals surface area contributed by atoms with Crippen molar-refractivity contribution in [3.05, 3.63) is 63.7 Å². The van der Waals surface area contributed by atoms with Gasteiger partial charge in [-0.2, -0.15) is 22.0 Å². The molecule has 1 aliphatic carbocycles. The second kappa shape index (κ2) is 9.33. The van der Waals surface area contributed by atoms with Crippen molar-refractivity contribution in [2.75, 3.05) is 11.9 Å². The van der Waals surface area contributed by atoms with E-state index in [1.165, 1.54) is 17.4 Å². The van der Waals surface area contributed by atoms with Gasteiger partial charge in [-0.1, -0.05) is 17.7 Å². The van der Waals surface area contributed by atoms with Gasteiger partial charge in [-0.3, -0.25) is 9.59 Å². The van der Waals surface area contributed by atoms with Crippen LogP contribution in [-0.2, 0) is 4.79 Å². The van der Waals surface area contributed by atoms with Gasteiger partial charge in [0, 0.05) is 17.2 Å². The first-order valence-corrected chi connectivity index (χ1v) is 10.8. The number of halogens is 10. The number of anilines is 1. The number of hydrogen-bond donors (Lipinski definition) is 2. The van der Waals surface area contributed by atoms with E-state index in [1.807, 2.05) is 0 Å². The maximum atomic E-state index is 14.3. The quantitative estimate of drug-likeness (QED) is 0.316. The van der Waals surface area contributed by atoms with Crippen LogP contribution in [0.25, 0.3) is 0 Å². The Labute approximate surface area is 208 Å².